The molecule has 0 aliphatic carbocycles. The van der Waals surface area contributed by atoms with Crippen molar-refractivity contribution in [2.75, 3.05) is 30.2 Å². The fourth-order valence-electron chi connectivity index (χ4n) is 2.19. The van der Waals surface area contributed by atoms with Crippen molar-refractivity contribution in [1.82, 2.24) is 5.32 Å². The second-order valence-electron chi connectivity index (χ2n) is 4.66. The van der Waals surface area contributed by atoms with Gasteiger partial charge >= 0.3 is 0 Å². The van der Waals surface area contributed by atoms with Gasteiger partial charge in [0.25, 0.3) is 0 Å². The molecule has 0 bridgehead atoms. The first kappa shape index (κ1) is 13.9. The fraction of sp³-hybridized carbons (Fsp3) is 0.462. The Morgan fingerprint density at radius 2 is 2.25 bits per heavy atom. The van der Waals surface area contributed by atoms with E-state index in [0.29, 0.717) is 28.6 Å². The highest BCUT2D eigenvalue weighted by Gasteiger charge is 2.20. The Morgan fingerprint density at radius 3 is 3.00 bits per heavy atom. The molecule has 1 saturated heterocycles. The Morgan fingerprint density at radius 1 is 1.45 bits per heavy atom. The predicted octanol–water partition coefficient (Wildman–Crippen LogP) is 2.10. The molecule has 0 aromatic heterocycles. The maximum Gasteiger partial charge on any atom is 0.231 e. The van der Waals surface area contributed by atoms with Crippen LogP contribution in [0, 0.1) is 0 Å². The van der Waals surface area contributed by atoms with E-state index in [1.54, 1.807) is 12.1 Å². The molecular formula is C13H15ClN2O3S. The normalized spacial score (nSPS) is 20.8. The maximum atomic E-state index is 12.0. The highest BCUT2D eigenvalue weighted by molar-refractivity contribution is 7.99. The van der Waals surface area contributed by atoms with E-state index in [-0.39, 0.29) is 18.7 Å². The van der Waals surface area contributed by atoms with Gasteiger partial charge in [-0.25, -0.2) is 0 Å². The van der Waals surface area contributed by atoms with Gasteiger partial charge in [-0.2, -0.15) is 11.8 Å². The third-order valence-corrected chi connectivity index (χ3v) is 4.61. The van der Waals surface area contributed by atoms with Crippen LogP contribution in [0.5, 0.6) is 11.5 Å². The number of thioether (sulfide) groups is 1. The van der Waals surface area contributed by atoms with E-state index in [1.165, 1.54) is 0 Å². The summed E-state index contributed by atoms with van der Waals surface area (Å²) in [5, 5.41) is 6.62. The standard InChI is InChI=1S/C13H15ClN2O3S/c14-9-4-11-12(19-7-18-11)5-10(9)16-13(17)3-8-6-20-2-1-15-8/h4-5,8,15H,1-3,6-7H2,(H,16,17). The molecular weight excluding hydrogens is 300 g/mol. The van der Waals surface area contributed by atoms with Gasteiger partial charge in [-0.1, -0.05) is 11.6 Å². The third kappa shape index (κ3) is 3.13. The molecule has 0 saturated carbocycles. The lowest BCUT2D eigenvalue weighted by molar-refractivity contribution is -0.116. The van der Waals surface area contributed by atoms with E-state index >= 15 is 0 Å². The zero-order valence-electron chi connectivity index (χ0n) is 10.8. The number of ether oxygens (including phenoxy) is 2. The van der Waals surface area contributed by atoms with Crippen molar-refractivity contribution in [3.8, 4) is 11.5 Å². The van der Waals surface area contributed by atoms with Crippen LogP contribution in [0.4, 0.5) is 5.69 Å². The predicted molar refractivity (Wildman–Crippen MR) is 79.9 cm³/mol. The molecule has 1 aromatic rings. The largest absolute Gasteiger partial charge is 0.454 e. The molecule has 0 radical (unpaired) electrons. The minimum atomic E-state index is -0.0502. The molecule has 2 aliphatic heterocycles. The quantitative estimate of drug-likeness (QED) is 0.895. The summed E-state index contributed by atoms with van der Waals surface area (Å²) < 4.78 is 10.5. The number of fused-ring (bicyclic) bond motifs is 1. The minimum Gasteiger partial charge on any atom is -0.454 e. The first-order valence-electron chi connectivity index (χ1n) is 6.42. The van der Waals surface area contributed by atoms with Crippen molar-refractivity contribution in [3.05, 3.63) is 17.2 Å². The highest BCUT2D eigenvalue weighted by Crippen LogP contribution is 2.39. The van der Waals surface area contributed by atoms with Crippen molar-refractivity contribution in [1.29, 1.82) is 0 Å². The van der Waals surface area contributed by atoms with Crippen molar-refractivity contribution in [2.24, 2.45) is 0 Å². The number of benzene rings is 1. The molecule has 1 unspecified atom stereocenters. The molecule has 108 valence electrons. The van der Waals surface area contributed by atoms with Crippen LogP contribution in [0.1, 0.15) is 6.42 Å². The Kier molecular flexibility index (Phi) is 4.24. The molecule has 1 amide bonds. The molecule has 2 heterocycles. The van der Waals surface area contributed by atoms with Gasteiger partial charge in [-0.3, -0.25) is 4.79 Å². The summed E-state index contributed by atoms with van der Waals surface area (Å²) in [6.45, 7) is 1.14. The summed E-state index contributed by atoms with van der Waals surface area (Å²) in [5.41, 5.74) is 0.560. The van der Waals surface area contributed by atoms with Gasteiger partial charge in [0.1, 0.15) is 0 Å². The van der Waals surface area contributed by atoms with E-state index in [1.807, 2.05) is 11.8 Å². The summed E-state index contributed by atoms with van der Waals surface area (Å²) >= 11 is 7.99. The monoisotopic (exact) mass is 314 g/mol. The van der Waals surface area contributed by atoms with Crippen molar-refractivity contribution < 1.29 is 14.3 Å². The summed E-state index contributed by atoms with van der Waals surface area (Å²) in [6, 6.07) is 3.58. The second kappa shape index (κ2) is 6.11. The number of amides is 1. The number of carbonyl (C=O) groups is 1. The smallest absolute Gasteiger partial charge is 0.231 e. The van der Waals surface area contributed by atoms with Crippen molar-refractivity contribution in [2.45, 2.75) is 12.5 Å². The Labute approximate surface area is 126 Å². The fourth-order valence-corrected chi connectivity index (χ4v) is 3.34. The van der Waals surface area contributed by atoms with E-state index in [9.17, 15) is 4.79 Å². The number of carbonyl (C=O) groups excluding carboxylic acids is 1. The van der Waals surface area contributed by atoms with Gasteiger partial charge in [-0.15, -0.1) is 0 Å². The molecule has 1 atom stereocenters. The average molecular weight is 315 g/mol. The van der Waals surface area contributed by atoms with Crippen LogP contribution in [-0.2, 0) is 4.79 Å². The zero-order chi connectivity index (χ0) is 13.9. The summed E-state index contributed by atoms with van der Waals surface area (Å²) in [5.74, 6) is 3.23. The Hall–Kier alpha value is -1.11. The van der Waals surface area contributed by atoms with Crippen LogP contribution in [0.25, 0.3) is 0 Å². The first-order valence-corrected chi connectivity index (χ1v) is 7.96. The minimum absolute atomic E-state index is 0.0502. The molecule has 0 spiro atoms. The van der Waals surface area contributed by atoms with Gasteiger partial charge in [-0.05, 0) is 0 Å². The number of hydrogen-bond donors (Lipinski definition) is 2. The number of nitrogens with one attached hydrogen (secondary N) is 2. The van der Waals surface area contributed by atoms with Crippen LogP contribution in [0.15, 0.2) is 12.1 Å². The van der Waals surface area contributed by atoms with Crippen molar-refractivity contribution in [3.63, 3.8) is 0 Å². The van der Waals surface area contributed by atoms with Crippen LogP contribution >= 0.6 is 23.4 Å². The SMILES string of the molecule is O=C(CC1CSCCN1)Nc1cc2c(cc1Cl)OCO2. The number of anilines is 1. The number of hydrogen-bond acceptors (Lipinski definition) is 5. The van der Waals surface area contributed by atoms with E-state index in [4.69, 9.17) is 21.1 Å². The topological polar surface area (TPSA) is 59.6 Å². The molecule has 1 aromatic carbocycles. The van der Waals surface area contributed by atoms with Crippen LogP contribution in [-0.4, -0.2) is 36.8 Å². The lowest BCUT2D eigenvalue weighted by atomic mass is 10.2. The first-order chi connectivity index (χ1) is 9.72. The van der Waals surface area contributed by atoms with Gasteiger partial charge in [0.15, 0.2) is 11.5 Å². The van der Waals surface area contributed by atoms with Gasteiger partial charge in [0.05, 0.1) is 10.7 Å². The van der Waals surface area contributed by atoms with Gasteiger partial charge in [0, 0.05) is 42.6 Å². The van der Waals surface area contributed by atoms with Crippen LogP contribution in [0.3, 0.4) is 0 Å². The summed E-state index contributed by atoms with van der Waals surface area (Å²) in [7, 11) is 0. The van der Waals surface area contributed by atoms with Gasteiger partial charge in [0.2, 0.25) is 12.7 Å². The number of halogens is 1. The third-order valence-electron chi connectivity index (χ3n) is 3.17. The van der Waals surface area contributed by atoms with E-state index < -0.39 is 0 Å². The van der Waals surface area contributed by atoms with Crippen molar-refractivity contribution >= 4 is 35.0 Å². The molecule has 5 nitrogen and oxygen atoms in total. The molecule has 7 heteroatoms. The molecule has 3 rings (SSSR count). The highest BCUT2D eigenvalue weighted by atomic mass is 35.5. The van der Waals surface area contributed by atoms with E-state index in [2.05, 4.69) is 10.6 Å². The Bertz CT molecular complexity index is 521. The van der Waals surface area contributed by atoms with E-state index in [0.717, 1.165) is 18.1 Å². The molecule has 20 heavy (non-hydrogen) atoms. The zero-order valence-corrected chi connectivity index (χ0v) is 12.4. The molecule has 1 fully saturated rings. The molecule has 2 aliphatic rings. The Balaban J connectivity index is 1.63. The van der Waals surface area contributed by atoms with Gasteiger partial charge < -0.3 is 20.1 Å². The van der Waals surface area contributed by atoms with Crippen LogP contribution < -0.4 is 20.1 Å². The average Bonchev–Trinajstić information content (AvgIpc) is 2.87. The lowest BCUT2D eigenvalue weighted by Gasteiger charge is -2.22. The number of rotatable bonds is 3. The molecule has 2 N–H and O–H groups in total. The second-order valence-corrected chi connectivity index (χ2v) is 6.22. The maximum absolute atomic E-state index is 12.0. The van der Waals surface area contributed by atoms with Crippen LogP contribution in [0.2, 0.25) is 5.02 Å². The summed E-state index contributed by atoms with van der Waals surface area (Å²) in [6.07, 6.45) is 0.442. The lowest BCUT2D eigenvalue weighted by Crippen LogP contribution is -2.39. The summed E-state index contributed by atoms with van der Waals surface area (Å²) in [4.78, 5) is 12.0.